The summed E-state index contributed by atoms with van der Waals surface area (Å²) in [5.41, 5.74) is 1.03. The van der Waals surface area contributed by atoms with Gasteiger partial charge in [-0.3, -0.25) is 4.79 Å². The highest BCUT2D eigenvalue weighted by Crippen LogP contribution is 2.17. The molecule has 0 spiro atoms. The van der Waals surface area contributed by atoms with Crippen LogP contribution in [-0.2, 0) is 9.53 Å². The van der Waals surface area contributed by atoms with E-state index in [-0.39, 0.29) is 11.8 Å². The monoisotopic (exact) mass is 269 g/mol. The van der Waals surface area contributed by atoms with Gasteiger partial charge in [0.2, 0.25) is 5.91 Å². The number of rotatable bonds is 7. The lowest BCUT2D eigenvalue weighted by Gasteiger charge is -2.25. The standard InChI is InChI=1S/C14H20ClNO2/c1-12(13-6-4-3-5-7-13)14(17)16(9-8-15)10-11-18-2/h3-7,12H,8-11H2,1-2H3. The van der Waals surface area contributed by atoms with Crippen LogP contribution in [0.1, 0.15) is 18.4 Å². The van der Waals surface area contributed by atoms with E-state index >= 15 is 0 Å². The molecule has 1 unspecified atom stereocenters. The highest BCUT2D eigenvalue weighted by molar-refractivity contribution is 6.18. The van der Waals surface area contributed by atoms with Crippen molar-refractivity contribution in [2.45, 2.75) is 12.8 Å². The van der Waals surface area contributed by atoms with Crippen LogP contribution in [0.25, 0.3) is 0 Å². The number of hydrogen-bond donors (Lipinski definition) is 0. The smallest absolute Gasteiger partial charge is 0.229 e. The third kappa shape index (κ3) is 4.31. The van der Waals surface area contributed by atoms with E-state index in [1.54, 1.807) is 12.0 Å². The molecule has 0 fully saturated rings. The van der Waals surface area contributed by atoms with E-state index in [4.69, 9.17) is 16.3 Å². The van der Waals surface area contributed by atoms with Crippen LogP contribution in [0, 0.1) is 0 Å². The van der Waals surface area contributed by atoms with Crippen LogP contribution in [-0.4, -0.2) is 43.5 Å². The van der Waals surface area contributed by atoms with Crippen molar-refractivity contribution < 1.29 is 9.53 Å². The van der Waals surface area contributed by atoms with E-state index < -0.39 is 0 Å². The van der Waals surface area contributed by atoms with Crippen LogP contribution in [0.3, 0.4) is 0 Å². The molecule has 0 aliphatic heterocycles. The molecule has 1 aromatic carbocycles. The molecule has 0 bridgehead atoms. The topological polar surface area (TPSA) is 29.5 Å². The molecule has 4 heteroatoms. The summed E-state index contributed by atoms with van der Waals surface area (Å²) in [6.45, 7) is 3.59. The zero-order valence-corrected chi connectivity index (χ0v) is 11.7. The Kier molecular flexibility index (Phi) is 6.76. The number of alkyl halides is 1. The van der Waals surface area contributed by atoms with Crippen LogP contribution in [0.15, 0.2) is 30.3 Å². The van der Waals surface area contributed by atoms with Gasteiger partial charge in [0.25, 0.3) is 0 Å². The maximum Gasteiger partial charge on any atom is 0.229 e. The minimum Gasteiger partial charge on any atom is -0.383 e. The van der Waals surface area contributed by atoms with Crippen molar-refractivity contribution in [3.05, 3.63) is 35.9 Å². The second-order valence-electron chi connectivity index (χ2n) is 4.14. The summed E-state index contributed by atoms with van der Waals surface area (Å²) >= 11 is 5.74. The van der Waals surface area contributed by atoms with Gasteiger partial charge in [-0.2, -0.15) is 0 Å². The molecular weight excluding hydrogens is 250 g/mol. The molecule has 0 aliphatic carbocycles. The predicted molar refractivity (Wildman–Crippen MR) is 74.0 cm³/mol. The number of nitrogens with zero attached hydrogens (tertiary/aromatic N) is 1. The van der Waals surface area contributed by atoms with E-state index in [0.717, 1.165) is 5.56 Å². The molecule has 0 radical (unpaired) electrons. The van der Waals surface area contributed by atoms with Crippen molar-refractivity contribution in [1.82, 2.24) is 4.90 Å². The third-order valence-electron chi connectivity index (χ3n) is 2.90. The number of halogens is 1. The van der Waals surface area contributed by atoms with Gasteiger partial charge in [0, 0.05) is 26.1 Å². The zero-order valence-electron chi connectivity index (χ0n) is 10.9. The fourth-order valence-electron chi connectivity index (χ4n) is 1.79. The maximum absolute atomic E-state index is 12.4. The number of amides is 1. The fraction of sp³-hybridized carbons (Fsp3) is 0.500. The summed E-state index contributed by atoms with van der Waals surface area (Å²) in [5, 5.41) is 0. The minimum absolute atomic E-state index is 0.0962. The summed E-state index contributed by atoms with van der Waals surface area (Å²) in [4.78, 5) is 14.1. The average Bonchev–Trinajstić information content (AvgIpc) is 2.43. The van der Waals surface area contributed by atoms with Crippen LogP contribution < -0.4 is 0 Å². The van der Waals surface area contributed by atoms with Gasteiger partial charge in [-0.1, -0.05) is 30.3 Å². The van der Waals surface area contributed by atoms with Crippen LogP contribution in [0.4, 0.5) is 0 Å². The first-order valence-electron chi connectivity index (χ1n) is 6.09. The molecule has 0 aromatic heterocycles. The molecule has 18 heavy (non-hydrogen) atoms. The van der Waals surface area contributed by atoms with E-state index in [1.807, 2.05) is 37.3 Å². The summed E-state index contributed by atoms with van der Waals surface area (Å²) in [7, 11) is 1.63. The van der Waals surface area contributed by atoms with Crippen molar-refractivity contribution in [3.8, 4) is 0 Å². The number of methoxy groups -OCH3 is 1. The second kappa shape index (κ2) is 8.11. The number of carbonyl (C=O) groups excluding carboxylic acids is 1. The minimum atomic E-state index is -0.147. The van der Waals surface area contributed by atoms with E-state index in [0.29, 0.717) is 25.6 Å². The summed E-state index contributed by atoms with van der Waals surface area (Å²) in [5.74, 6) is 0.391. The van der Waals surface area contributed by atoms with Crippen molar-refractivity contribution in [1.29, 1.82) is 0 Å². The highest BCUT2D eigenvalue weighted by atomic mass is 35.5. The third-order valence-corrected chi connectivity index (χ3v) is 3.07. The Hall–Kier alpha value is -1.06. The Bertz CT molecular complexity index is 356. The predicted octanol–water partition coefficient (Wildman–Crippen LogP) is 2.50. The largest absolute Gasteiger partial charge is 0.383 e. The normalized spacial score (nSPS) is 12.2. The molecule has 3 nitrogen and oxygen atoms in total. The Labute approximate surface area is 114 Å². The van der Waals surface area contributed by atoms with Crippen molar-refractivity contribution in [3.63, 3.8) is 0 Å². The van der Waals surface area contributed by atoms with Crippen molar-refractivity contribution in [2.75, 3.05) is 32.7 Å². The summed E-state index contributed by atoms with van der Waals surface area (Å²) in [6.07, 6.45) is 0. The molecule has 0 saturated heterocycles. The van der Waals surface area contributed by atoms with Gasteiger partial charge in [-0.05, 0) is 12.5 Å². The lowest BCUT2D eigenvalue weighted by molar-refractivity contribution is -0.132. The molecule has 1 atom stereocenters. The molecule has 0 aliphatic rings. The Morgan fingerprint density at radius 1 is 1.33 bits per heavy atom. The first-order valence-corrected chi connectivity index (χ1v) is 6.62. The number of ether oxygens (including phenoxy) is 1. The number of hydrogen-bond acceptors (Lipinski definition) is 2. The van der Waals surface area contributed by atoms with Crippen LogP contribution in [0.5, 0.6) is 0 Å². The molecule has 0 heterocycles. The lowest BCUT2D eigenvalue weighted by atomic mass is 10.00. The number of benzene rings is 1. The van der Waals surface area contributed by atoms with Crippen molar-refractivity contribution in [2.24, 2.45) is 0 Å². The lowest BCUT2D eigenvalue weighted by Crippen LogP contribution is -2.38. The first-order chi connectivity index (χ1) is 8.70. The van der Waals surface area contributed by atoms with E-state index in [1.165, 1.54) is 0 Å². The second-order valence-corrected chi connectivity index (χ2v) is 4.52. The van der Waals surface area contributed by atoms with Gasteiger partial charge < -0.3 is 9.64 Å². The van der Waals surface area contributed by atoms with Gasteiger partial charge in [-0.25, -0.2) is 0 Å². The highest BCUT2D eigenvalue weighted by Gasteiger charge is 2.21. The van der Waals surface area contributed by atoms with Gasteiger partial charge in [0.05, 0.1) is 12.5 Å². The maximum atomic E-state index is 12.4. The zero-order chi connectivity index (χ0) is 13.4. The van der Waals surface area contributed by atoms with Crippen LogP contribution >= 0.6 is 11.6 Å². The van der Waals surface area contributed by atoms with Gasteiger partial charge in [-0.15, -0.1) is 11.6 Å². The quantitative estimate of drug-likeness (QED) is 0.712. The van der Waals surface area contributed by atoms with Gasteiger partial charge >= 0.3 is 0 Å². The molecule has 1 amide bonds. The number of carbonyl (C=O) groups is 1. The van der Waals surface area contributed by atoms with E-state index in [2.05, 4.69) is 0 Å². The van der Waals surface area contributed by atoms with Crippen LogP contribution in [0.2, 0.25) is 0 Å². The van der Waals surface area contributed by atoms with Gasteiger partial charge in [0.15, 0.2) is 0 Å². The molecule has 1 rings (SSSR count). The van der Waals surface area contributed by atoms with E-state index in [9.17, 15) is 4.79 Å². The summed E-state index contributed by atoms with van der Waals surface area (Å²) in [6, 6.07) is 9.78. The Balaban J connectivity index is 2.69. The average molecular weight is 270 g/mol. The summed E-state index contributed by atoms with van der Waals surface area (Å²) < 4.78 is 5.02. The first kappa shape index (κ1) is 15.0. The molecular formula is C14H20ClNO2. The molecule has 1 aromatic rings. The SMILES string of the molecule is COCCN(CCCl)C(=O)C(C)c1ccccc1. The molecule has 0 N–H and O–H groups in total. The Morgan fingerprint density at radius 3 is 2.56 bits per heavy atom. The molecule has 0 saturated carbocycles. The Morgan fingerprint density at radius 2 is 2.00 bits per heavy atom. The van der Waals surface area contributed by atoms with Gasteiger partial charge in [0.1, 0.15) is 0 Å². The molecule has 100 valence electrons. The fourth-order valence-corrected chi connectivity index (χ4v) is 2.00. The van der Waals surface area contributed by atoms with Crippen molar-refractivity contribution >= 4 is 17.5 Å².